The summed E-state index contributed by atoms with van der Waals surface area (Å²) >= 11 is 0. The number of aromatic nitrogens is 1. The average Bonchev–Trinajstić information content (AvgIpc) is 3.45. The summed E-state index contributed by atoms with van der Waals surface area (Å²) in [4.78, 5) is 28.9. The van der Waals surface area contributed by atoms with E-state index in [0.29, 0.717) is 16.5 Å². The lowest BCUT2D eigenvalue weighted by Gasteiger charge is -2.12. The Morgan fingerprint density at radius 1 is 0.537 bits per heavy atom. The van der Waals surface area contributed by atoms with Crippen LogP contribution in [0.1, 0.15) is 61.8 Å². The number of benzene rings is 6. The van der Waals surface area contributed by atoms with Gasteiger partial charge in [0.2, 0.25) is 0 Å². The van der Waals surface area contributed by atoms with Gasteiger partial charge >= 0.3 is 0 Å². The van der Waals surface area contributed by atoms with Gasteiger partial charge < -0.3 is 0 Å². The van der Waals surface area contributed by atoms with Crippen molar-refractivity contribution in [3.8, 4) is 5.69 Å². The minimum absolute atomic E-state index is 0.198. The van der Waals surface area contributed by atoms with E-state index < -0.39 is 0 Å². The molecule has 0 bridgehead atoms. The Morgan fingerprint density at radius 3 is 1.46 bits per heavy atom. The van der Waals surface area contributed by atoms with Crippen LogP contribution >= 0.6 is 0 Å². The maximum atomic E-state index is 14.5. The molecule has 0 aliphatic heterocycles. The number of nitrogens with zero attached hydrogens (tertiary/aromatic N) is 1. The van der Waals surface area contributed by atoms with Crippen molar-refractivity contribution in [3.05, 3.63) is 97.6 Å². The molecule has 0 saturated carbocycles. The Hall–Kier alpha value is -4.24. The molecule has 0 fully saturated rings. The van der Waals surface area contributed by atoms with E-state index in [9.17, 15) is 9.59 Å². The van der Waals surface area contributed by atoms with Crippen molar-refractivity contribution in [2.75, 3.05) is 0 Å². The highest BCUT2D eigenvalue weighted by molar-refractivity contribution is 6.48. The Labute approximate surface area is 238 Å². The van der Waals surface area contributed by atoms with E-state index in [2.05, 4.69) is 56.3 Å². The first kappa shape index (κ1) is 24.5. The summed E-state index contributed by atoms with van der Waals surface area (Å²) in [5.74, 6) is 0. The summed E-state index contributed by atoms with van der Waals surface area (Å²) in [6.45, 7) is 8.48. The molecule has 0 spiro atoms. The highest BCUT2D eigenvalue weighted by Gasteiger charge is 2.29. The average molecular weight is 536 g/mol. The first-order valence-corrected chi connectivity index (χ1v) is 15.2. The molecule has 7 aromatic carbocycles. The largest absolute Gasteiger partial charge is 0.268 e. The Balaban J connectivity index is 1.67. The second-order valence-corrected chi connectivity index (χ2v) is 12.2. The highest BCUT2D eigenvalue weighted by Crippen LogP contribution is 2.51. The predicted molar refractivity (Wildman–Crippen MR) is 175 cm³/mol. The van der Waals surface area contributed by atoms with Gasteiger partial charge in [-0.3, -0.25) is 9.59 Å². The summed E-state index contributed by atoms with van der Waals surface area (Å²) in [6.07, 6.45) is 6.29. The zero-order valence-corrected chi connectivity index (χ0v) is 24.2. The molecule has 202 valence electrons. The van der Waals surface area contributed by atoms with E-state index in [1.54, 1.807) is 0 Å². The molecular weight excluding hydrogens is 502 g/mol. The van der Waals surface area contributed by atoms with Crippen LogP contribution in [0.4, 0.5) is 0 Å². The maximum Gasteiger partial charge on any atom is 0.266 e. The van der Waals surface area contributed by atoms with Gasteiger partial charge in [0.25, 0.3) is 11.1 Å². The number of hydrogen-bond donors (Lipinski definition) is 0. The van der Waals surface area contributed by atoms with Gasteiger partial charge in [0.05, 0.1) is 16.5 Å². The third-order valence-corrected chi connectivity index (χ3v) is 9.49. The number of rotatable bonds is 7. The third-order valence-electron chi connectivity index (χ3n) is 9.49. The minimum Gasteiger partial charge on any atom is -0.268 e. The third kappa shape index (κ3) is 3.15. The fourth-order valence-electron chi connectivity index (χ4n) is 7.80. The lowest BCUT2D eigenvalue weighted by Crippen LogP contribution is -2.23. The molecule has 0 saturated heterocycles. The van der Waals surface area contributed by atoms with Crippen LogP contribution in [0.25, 0.3) is 70.3 Å². The first-order valence-electron chi connectivity index (χ1n) is 15.2. The molecule has 0 amide bonds. The van der Waals surface area contributed by atoms with Crippen LogP contribution in [0.3, 0.4) is 0 Å². The number of aryl methyl sites for hydroxylation is 4. The van der Waals surface area contributed by atoms with Gasteiger partial charge in [0.15, 0.2) is 0 Å². The van der Waals surface area contributed by atoms with Gasteiger partial charge in [-0.25, -0.2) is 4.57 Å². The minimum atomic E-state index is -0.198. The number of fused-ring (bicyclic) bond motifs is 3. The SMILES string of the molecule is CCCCc1cc2c3c(=O)n(-c4cc(C)cc(C)c4)c(=O)c3c3cc(CCCC)c4ccc5ccc1c1c5c4c3c21. The molecule has 0 aliphatic carbocycles. The topological polar surface area (TPSA) is 39.1 Å². The molecule has 41 heavy (non-hydrogen) atoms. The van der Waals surface area contributed by atoms with Crippen molar-refractivity contribution >= 4 is 64.6 Å². The molecule has 1 heterocycles. The molecule has 3 nitrogen and oxygen atoms in total. The molecule has 0 aliphatic rings. The van der Waals surface area contributed by atoms with Gasteiger partial charge in [0.1, 0.15) is 0 Å². The second kappa shape index (κ2) is 8.63. The smallest absolute Gasteiger partial charge is 0.266 e. The van der Waals surface area contributed by atoms with Crippen molar-refractivity contribution in [3.63, 3.8) is 0 Å². The van der Waals surface area contributed by atoms with E-state index in [1.165, 1.54) is 48.0 Å². The summed E-state index contributed by atoms with van der Waals surface area (Å²) in [5, 5.41) is 13.1. The quantitative estimate of drug-likeness (QED) is 0.191. The van der Waals surface area contributed by atoms with Crippen LogP contribution < -0.4 is 11.1 Å². The van der Waals surface area contributed by atoms with Gasteiger partial charge in [0, 0.05) is 0 Å². The van der Waals surface area contributed by atoms with E-state index in [1.807, 2.05) is 26.0 Å². The Morgan fingerprint density at radius 2 is 1.00 bits per heavy atom. The molecule has 0 N–H and O–H groups in total. The number of unbranched alkanes of at least 4 members (excludes halogenated alkanes) is 2. The van der Waals surface area contributed by atoms with Crippen molar-refractivity contribution in [2.45, 2.75) is 66.2 Å². The maximum absolute atomic E-state index is 14.5. The second-order valence-electron chi connectivity index (χ2n) is 12.2. The molecular formula is C38H33NO2. The van der Waals surface area contributed by atoms with Crippen LogP contribution in [0, 0.1) is 13.8 Å². The fraction of sp³-hybridized carbons (Fsp3) is 0.263. The first-order chi connectivity index (χ1) is 19.9. The van der Waals surface area contributed by atoms with Crippen molar-refractivity contribution in [1.82, 2.24) is 4.57 Å². The molecule has 8 rings (SSSR count). The van der Waals surface area contributed by atoms with E-state index in [-0.39, 0.29) is 11.1 Å². The zero-order chi connectivity index (χ0) is 28.2. The molecule has 3 heteroatoms. The summed E-state index contributed by atoms with van der Waals surface area (Å²) in [7, 11) is 0. The Kier molecular flexibility index (Phi) is 5.17. The lowest BCUT2D eigenvalue weighted by molar-refractivity contribution is 0.799. The summed E-state index contributed by atoms with van der Waals surface area (Å²) < 4.78 is 1.43. The highest BCUT2D eigenvalue weighted by atomic mass is 16.2. The molecule has 0 atom stereocenters. The van der Waals surface area contributed by atoms with Crippen LogP contribution in [0.5, 0.6) is 0 Å². The van der Waals surface area contributed by atoms with E-state index in [0.717, 1.165) is 71.2 Å². The monoisotopic (exact) mass is 535 g/mol. The fourth-order valence-corrected chi connectivity index (χ4v) is 7.80. The van der Waals surface area contributed by atoms with Gasteiger partial charge in [-0.2, -0.15) is 0 Å². The molecule has 0 unspecified atom stereocenters. The molecule has 0 radical (unpaired) electrons. The van der Waals surface area contributed by atoms with Crippen LogP contribution in [-0.2, 0) is 12.8 Å². The predicted octanol–water partition coefficient (Wildman–Crippen LogP) is 9.17. The molecule has 1 aromatic heterocycles. The van der Waals surface area contributed by atoms with Crippen LogP contribution in [0.2, 0.25) is 0 Å². The number of hydrogen-bond acceptors (Lipinski definition) is 2. The van der Waals surface area contributed by atoms with Gasteiger partial charge in [-0.15, -0.1) is 0 Å². The summed E-state index contributed by atoms with van der Waals surface area (Å²) in [6, 6.07) is 19.6. The summed E-state index contributed by atoms with van der Waals surface area (Å²) in [5.41, 5.74) is 4.90. The van der Waals surface area contributed by atoms with Crippen LogP contribution in [0.15, 0.2) is 64.2 Å². The standard InChI is InChI=1S/C38H33NO2/c1-5-7-9-23-18-28-33-31-26(23)13-11-22-12-14-27-24(10-8-6-2)19-29(34(33)32(27)30(22)31)36-35(28)37(40)39(38(36)41)25-16-20(3)15-21(4)17-25/h11-19H,5-10H2,1-4H3. The van der Waals surface area contributed by atoms with Crippen molar-refractivity contribution in [2.24, 2.45) is 0 Å². The van der Waals surface area contributed by atoms with Crippen molar-refractivity contribution < 1.29 is 0 Å². The lowest BCUT2D eigenvalue weighted by atomic mass is 9.90. The van der Waals surface area contributed by atoms with Gasteiger partial charge in [-0.1, -0.05) is 57.0 Å². The zero-order valence-electron chi connectivity index (χ0n) is 24.2. The van der Waals surface area contributed by atoms with E-state index in [4.69, 9.17) is 0 Å². The Bertz CT molecular complexity index is 2240. The van der Waals surface area contributed by atoms with Crippen LogP contribution in [-0.4, -0.2) is 4.57 Å². The van der Waals surface area contributed by atoms with Gasteiger partial charge in [-0.05, 0) is 140 Å². The van der Waals surface area contributed by atoms with Crippen molar-refractivity contribution in [1.29, 1.82) is 0 Å². The molecule has 8 aromatic rings. The van der Waals surface area contributed by atoms with E-state index >= 15 is 0 Å². The normalized spacial score (nSPS) is 12.7.